The summed E-state index contributed by atoms with van der Waals surface area (Å²) in [4.78, 5) is 19.2. The van der Waals surface area contributed by atoms with Crippen molar-refractivity contribution in [1.82, 2.24) is 19.1 Å². The second-order valence-corrected chi connectivity index (χ2v) is 11.8. The number of aromatic nitrogens is 3. The number of benzene rings is 1. The van der Waals surface area contributed by atoms with E-state index in [1.54, 1.807) is 24.5 Å². The molecule has 37 heavy (non-hydrogen) atoms. The number of anilines is 1. The predicted octanol–water partition coefficient (Wildman–Crippen LogP) is 2.74. The Balaban J connectivity index is 1.39. The van der Waals surface area contributed by atoms with Crippen LogP contribution in [0.4, 0.5) is 14.5 Å². The standard InChI is InChI=1S/C25H27F2N5O4S/c1-25(4-5-25)17-36-23-22(15-29-32(24(23)33)21-13-19(26)12-20(27)14-21)30-8-10-31(11-9-30)37(34,35)16-18-2-6-28-7-3-18/h2-3,6-7,12-15H,4-5,8-11,16-17H2,1H3. The van der Waals surface area contributed by atoms with Crippen LogP contribution < -0.4 is 15.2 Å². The van der Waals surface area contributed by atoms with Crippen molar-refractivity contribution in [3.8, 4) is 11.4 Å². The number of ether oxygens (including phenoxy) is 1. The molecule has 9 nitrogen and oxygen atoms in total. The molecule has 1 aliphatic carbocycles. The fourth-order valence-electron chi connectivity index (χ4n) is 4.23. The van der Waals surface area contributed by atoms with E-state index in [2.05, 4.69) is 17.0 Å². The Kier molecular flexibility index (Phi) is 6.71. The van der Waals surface area contributed by atoms with Crippen LogP contribution in [0.15, 0.2) is 53.7 Å². The summed E-state index contributed by atoms with van der Waals surface area (Å²) in [5.41, 5.74) is 0.363. The third-order valence-electron chi connectivity index (χ3n) is 6.75. The van der Waals surface area contributed by atoms with E-state index in [-0.39, 0.29) is 35.7 Å². The maximum absolute atomic E-state index is 13.8. The highest BCUT2D eigenvalue weighted by atomic mass is 32.2. The first-order valence-corrected chi connectivity index (χ1v) is 13.6. The van der Waals surface area contributed by atoms with E-state index in [0.717, 1.165) is 35.7 Å². The molecule has 2 fully saturated rings. The average Bonchev–Trinajstić information content (AvgIpc) is 3.60. The molecule has 3 aromatic rings. The third-order valence-corrected chi connectivity index (χ3v) is 8.60. The maximum Gasteiger partial charge on any atom is 0.316 e. The summed E-state index contributed by atoms with van der Waals surface area (Å²) >= 11 is 0. The summed E-state index contributed by atoms with van der Waals surface area (Å²) in [7, 11) is -3.54. The summed E-state index contributed by atoms with van der Waals surface area (Å²) < 4.78 is 61.8. The molecule has 2 aromatic heterocycles. The van der Waals surface area contributed by atoms with E-state index in [1.807, 2.05) is 4.90 Å². The van der Waals surface area contributed by atoms with Gasteiger partial charge in [0.2, 0.25) is 15.8 Å². The van der Waals surface area contributed by atoms with Gasteiger partial charge in [0, 0.05) is 50.1 Å². The van der Waals surface area contributed by atoms with Crippen LogP contribution in [0.25, 0.3) is 5.69 Å². The highest BCUT2D eigenvalue weighted by Gasteiger charge is 2.39. The van der Waals surface area contributed by atoms with E-state index < -0.39 is 27.2 Å². The van der Waals surface area contributed by atoms with E-state index in [4.69, 9.17) is 4.74 Å². The average molecular weight is 532 g/mol. The Hall–Kier alpha value is -3.38. The molecule has 1 saturated carbocycles. The van der Waals surface area contributed by atoms with E-state index >= 15 is 0 Å². The van der Waals surface area contributed by atoms with Crippen LogP contribution >= 0.6 is 0 Å². The minimum atomic E-state index is -3.54. The van der Waals surface area contributed by atoms with Gasteiger partial charge in [-0.3, -0.25) is 9.78 Å². The molecule has 0 bridgehead atoms. The summed E-state index contributed by atoms with van der Waals surface area (Å²) in [5.74, 6) is -1.75. The minimum absolute atomic E-state index is 0.0253. The number of rotatable bonds is 8. The monoisotopic (exact) mass is 531 g/mol. The maximum atomic E-state index is 13.8. The van der Waals surface area contributed by atoms with Crippen molar-refractivity contribution in [2.24, 2.45) is 5.41 Å². The van der Waals surface area contributed by atoms with Gasteiger partial charge in [-0.05, 0) is 42.7 Å². The smallest absolute Gasteiger partial charge is 0.316 e. The topological polar surface area (TPSA) is 97.6 Å². The molecule has 5 rings (SSSR count). The van der Waals surface area contributed by atoms with Crippen LogP contribution in [0.3, 0.4) is 0 Å². The van der Waals surface area contributed by atoms with Crippen LogP contribution in [0, 0.1) is 17.0 Å². The molecular formula is C25H27F2N5O4S. The lowest BCUT2D eigenvalue weighted by Gasteiger charge is -2.35. The molecule has 1 aromatic carbocycles. The van der Waals surface area contributed by atoms with Crippen molar-refractivity contribution in [3.05, 3.63) is 76.5 Å². The van der Waals surface area contributed by atoms with Gasteiger partial charge in [-0.1, -0.05) is 6.92 Å². The fraction of sp³-hybridized carbons (Fsp3) is 0.400. The van der Waals surface area contributed by atoms with Gasteiger partial charge in [-0.2, -0.15) is 14.1 Å². The molecule has 196 valence electrons. The van der Waals surface area contributed by atoms with E-state index in [0.29, 0.717) is 30.9 Å². The van der Waals surface area contributed by atoms with E-state index in [1.165, 1.54) is 10.5 Å². The largest absolute Gasteiger partial charge is 0.486 e. The molecule has 0 amide bonds. The second-order valence-electron chi connectivity index (χ2n) is 9.80. The van der Waals surface area contributed by atoms with Crippen LogP contribution in [0.5, 0.6) is 5.75 Å². The van der Waals surface area contributed by atoms with Gasteiger partial charge in [0.15, 0.2) is 0 Å². The molecule has 0 atom stereocenters. The van der Waals surface area contributed by atoms with Crippen LogP contribution in [-0.4, -0.2) is 60.3 Å². The number of hydrogen-bond donors (Lipinski definition) is 0. The van der Waals surface area contributed by atoms with Crippen molar-refractivity contribution in [1.29, 1.82) is 0 Å². The normalized spacial score (nSPS) is 17.5. The van der Waals surface area contributed by atoms with Gasteiger partial charge in [0.25, 0.3) is 0 Å². The highest BCUT2D eigenvalue weighted by molar-refractivity contribution is 7.88. The second kappa shape index (κ2) is 9.82. The summed E-state index contributed by atoms with van der Waals surface area (Å²) in [6.07, 6.45) is 6.49. The van der Waals surface area contributed by atoms with Gasteiger partial charge < -0.3 is 9.64 Å². The van der Waals surface area contributed by atoms with E-state index in [9.17, 15) is 22.0 Å². The molecule has 1 aliphatic heterocycles. The van der Waals surface area contributed by atoms with Crippen molar-refractivity contribution in [3.63, 3.8) is 0 Å². The van der Waals surface area contributed by atoms with Crippen molar-refractivity contribution < 1.29 is 21.9 Å². The fourth-order valence-corrected chi connectivity index (χ4v) is 5.74. The van der Waals surface area contributed by atoms with Crippen LogP contribution in [0.2, 0.25) is 0 Å². The number of hydrogen-bond acceptors (Lipinski definition) is 7. The predicted molar refractivity (Wildman–Crippen MR) is 133 cm³/mol. The summed E-state index contributed by atoms with van der Waals surface area (Å²) in [6.45, 7) is 3.47. The Morgan fingerprint density at radius 2 is 1.68 bits per heavy atom. The molecule has 2 aliphatic rings. The van der Waals surface area contributed by atoms with Gasteiger partial charge in [0.05, 0.1) is 24.2 Å². The number of sulfonamides is 1. The zero-order valence-corrected chi connectivity index (χ0v) is 21.1. The molecule has 0 unspecified atom stereocenters. The number of halogens is 2. The Morgan fingerprint density at radius 3 is 2.30 bits per heavy atom. The first-order chi connectivity index (χ1) is 17.6. The van der Waals surface area contributed by atoms with Crippen molar-refractivity contribution >= 4 is 15.7 Å². The van der Waals surface area contributed by atoms with Gasteiger partial charge in [0.1, 0.15) is 17.3 Å². The lowest BCUT2D eigenvalue weighted by Crippen LogP contribution is -2.49. The Bertz CT molecular complexity index is 1430. The van der Waals surface area contributed by atoms with Gasteiger partial charge in [-0.25, -0.2) is 17.2 Å². The zero-order valence-electron chi connectivity index (χ0n) is 20.3. The third kappa shape index (κ3) is 5.64. The summed E-state index contributed by atoms with van der Waals surface area (Å²) in [6, 6.07) is 6.10. The highest BCUT2D eigenvalue weighted by Crippen LogP contribution is 2.45. The quantitative estimate of drug-likeness (QED) is 0.441. The zero-order chi connectivity index (χ0) is 26.2. The number of piperazine rings is 1. The minimum Gasteiger partial charge on any atom is -0.486 e. The molecule has 0 radical (unpaired) electrons. The van der Waals surface area contributed by atoms with Gasteiger partial charge >= 0.3 is 5.56 Å². The first-order valence-electron chi connectivity index (χ1n) is 12.0. The van der Waals surface area contributed by atoms with Crippen LogP contribution in [0.1, 0.15) is 25.3 Å². The Labute approximate surface area is 213 Å². The molecule has 1 saturated heterocycles. The number of pyridine rings is 1. The molecule has 3 heterocycles. The number of nitrogens with zero attached hydrogens (tertiary/aromatic N) is 5. The first kappa shape index (κ1) is 25.3. The molecule has 12 heteroatoms. The Morgan fingerprint density at radius 1 is 1.03 bits per heavy atom. The SMILES string of the molecule is CC1(COc2c(N3CCN(S(=O)(=O)Cc4ccncc4)CC3)cnn(-c3cc(F)cc(F)c3)c2=O)CC1. The van der Waals surface area contributed by atoms with Crippen molar-refractivity contribution in [2.45, 2.75) is 25.5 Å². The summed E-state index contributed by atoms with van der Waals surface area (Å²) in [5, 5.41) is 4.16. The molecule has 0 spiro atoms. The van der Waals surface area contributed by atoms with Crippen LogP contribution in [-0.2, 0) is 15.8 Å². The lowest BCUT2D eigenvalue weighted by molar-refractivity contribution is 0.242. The molecule has 0 N–H and O–H groups in total. The molecular weight excluding hydrogens is 504 g/mol. The van der Waals surface area contributed by atoms with Gasteiger partial charge in [-0.15, -0.1) is 0 Å². The lowest BCUT2D eigenvalue weighted by atomic mass is 10.2. The van der Waals surface area contributed by atoms with Crippen molar-refractivity contribution in [2.75, 3.05) is 37.7 Å².